The maximum Gasteiger partial charge on any atom is 0.138 e. The van der Waals surface area contributed by atoms with Gasteiger partial charge < -0.3 is 5.32 Å². The highest BCUT2D eigenvalue weighted by Crippen LogP contribution is 2.07. The van der Waals surface area contributed by atoms with Crippen LogP contribution in [0.2, 0.25) is 0 Å². The third-order valence-corrected chi connectivity index (χ3v) is 2.88. The third-order valence-electron chi connectivity index (χ3n) is 2.88. The lowest BCUT2D eigenvalue weighted by Gasteiger charge is -2.16. The highest BCUT2D eigenvalue weighted by atomic mass is 15.3. The van der Waals surface area contributed by atoms with Gasteiger partial charge in [-0.2, -0.15) is 5.10 Å². The van der Waals surface area contributed by atoms with Crippen LogP contribution in [0.4, 0.5) is 0 Å². The predicted octanol–water partition coefficient (Wildman–Crippen LogP) is 1.92. The number of nitrogens with one attached hydrogen (secondary N) is 1. The zero-order valence-corrected chi connectivity index (χ0v) is 10.7. The summed E-state index contributed by atoms with van der Waals surface area (Å²) in [5, 5.41) is 7.63. The van der Waals surface area contributed by atoms with Gasteiger partial charge >= 0.3 is 0 Å². The monoisotopic (exact) mass is 224 g/mol. The van der Waals surface area contributed by atoms with Crippen LogP contribution in [0.1, 0.15) is 45.4 Å². The van der Waals surface area contributed by atoms with Crippen LogP contribution in [-0.2, 0) is 13.5 Å². The minimum Gasteiger partial charge on any atom is -0.314 e. The topological polar surface area (TPSA) is 42.7 Å². The van der Waals surface area contributed by atoms with Gasteiger partial charge in [0.2, 0.25) is 0 Å². The molecule has 1 N–H and O–H groups in total. The van der Waals surface area contributed by atoms with Gasteiger partial charge in [0.15, 0.2) is 0 Å². The van der Waals surface area contributed by atoms with Gasteiger partial charge in [-0.3, -0.25) is 4.68 Å². The number of rotatable bonds is 8. The van der Waals surface area contributed by atoms with Crippen molar-refractivity contribution in [1.29, 1.82) is 0 Å². The SMILES string of the molecule is CCCCCC(Cc1ncnn1C)NCC. The van der Waals surface area contributed by atoms with E-state index in [1.807, 2.05) is 11.7 Å². The average molecular weight is 224 g/mol. The number of hydrogen-bond donors (Lipinski definition) is 1. The van der Waals surface area contributed by atoms with Crippen molar-refractivity contribution in [2.24, 2.45) is 7.05 Å². The van der Waals surface area contributed by atoms with Crippen LogP contribution in [0.3, 0.4) is 0 Å². The van der Waals surface area contributed by atoms with Gasteiger partial charge in [-0.25, -0.2) is 4.98 Å². The minimum absolute atomic E-state index is 0.541. The molecule has 0 bridgehead atoms. The molecular weight excluding hydrogens is 200 g/mol. The molecule has 0 aliphatic rings. The molecule has 4 nitrogen and oxygen atoms in total. The summed E-state index contributed by atoms with van der Waals surface area (Å²) in [5.41, 5.74) is 0. The van der Waals surface area contributed by atoms with Crippen molar-refractivity contribution >= 4 is 0 Å². The van der Waals surface area contributed by atoms with Crippen LogP contribution >= 0.6 is 0 Å². The van der Waals surface area contributed by atoms with Gasteiger partial charge in [0, 0.05) is 19.5 Å². The number of likely N-dealkylation sites (N-methyl/N-ethyl adjacent to an activating group) is 1. The zero-order valence-electron chi connectivity index (χ0n) is 10.7. The smallest absolute Gasteiger partial charge is 0.138 e. The summed E-state index contributed by atoms with van der Waals surface area (Å²) >= 11 is 0. The second-order valence-corrected chi connectivity index (χ2v) is 4.25. The number of aryl methyl sites for hydroxylation is 1. The van der Waals surface area contributed by atoms with Gasteiger partial charge in [-0.15, -0.1) is 0 Å². The average Bonchev–Trinajstić information content (AvgIpc) is 2.65. The van der Waals surface area contributed by atoms with E-state index in [9.17, 15) is 0 Å². The Hall–Kier alpha value is -0.900. The summed E-state index contributed by atoms with van der Waals surface area (Å²) in [6, 6.07) is 0.541. The van der Waals surface area contributed by atoms with E-state index in [4.69, 9.17) is 0 Å². The van der Waals surface area contributed by atoms with Crippen molar-refractivity contribution in [3.63, 3.8) is 0 Å². The largest absolute Gasteiger partial charge is 0.314 e. The van der Waals surface area contributed by atoms with Crippen LogP contribution in [0.15, 0.2) is 6.33 Å². The highest BCUT2D eigenvalue weighted by Gasteiger charge is 2.11. The first-order chi connectivity index (χ1) is 7.77. The van der Waals surface area contributed by atoms with E-state index in [2.05, 4.69) is 29.2 Å². The third kappa shape index (κ3) is 4.31. The van der Waals surface area contributed by atoms with E-state index in [1.54, 1.807) is 6.33 Å². The van der Waals surface area contributed by atoms with E-state index in [1.165, 1.54) is 25.7 Å². The van der Waals surface area contributed by atoms with Gasteiger partial charge in [0.25, 0.3) is 0 Å². The fraction of sp³-hybridized carbons (Fsp3) is 0.833. The Bertz CT molecular complexity index is 282. The van der Waals surface area contributed by atoms with Crippen molar-refractivity contribution in [2.75, 3.05) is 6.54 Å². The lowest BCUT2D eigenvalue weighted by Crippen LogP contribution is -2.31. The van der Waals surface area contributed by atoms with Crippen molar-refractivity contribution in [3.05, 3.63) is 12.2 Å². The Balaban J connectivity index is 2.41. The molecule has 0 fully saturated rings. The van der Waals surface area contributed by atoms with E-state index >= 15 is 0 Å². The van der Waals surface area contributed by atoms with Crippen LogP contribution in [0, 0.1) is 0 Å². The molecule has 0 aliphatic carbocycles. The maximum atomic E-state index is 4.28. The van der Waals surface area contributed by atoms with E-state index in [0.717, 1.165) is 18.8 Å². The number of hydrogen-bond acceptors (Lipinski definition) is 3. The number of aromatic nitrogens is 3. The fourth-order valence-corrected chi connectivity index (χ4v) is 1.93. The van der Waals surface area contributed by atoms with Crippen LogP contribution in [0.5, 0.6) is 0 Å². The van der Waals surface area contributed by atoms with Crippen LogP contribution in [0.25, 0.3) is 0 Å². The molecule has 0 saturated heterocycles. The Labute approximate surface area is 98.5 Å². The molecule has 1 aromatic rings. The molecule has 4 heteroatoms. The molecule has 1 rings (SSSR count). The molecule has 0 aromatic carbocycles. The fourth-order valence-electron chi connectivity index (χ4n) is 1.93. The summed E-state index contributed by atoms with van der Waals surface area (Å²) in [4.78, 5) is 4.28. The zero-order chi connectivity index (χ0) is 11.8. The lowest BCUT2D eigenvalue weighted by atomic mass is 10.1. The normalized spacial score (nSPS) is 12.9. The summed E-state index contributed by atoms with van der Waals surface area (Å²) in [6.45, 7) is 5.42. The molecule has 1 atom stereocenters. The van der Waals surface area contributed by atoms with Gasteiger partial charge in [0.05, 0.1) is 0 Å². The summed E-state index contributed by atoms with van der Waals surface area (Å²) in [5.74, 6) is 1.07. The molecule has 0 radical (unpaired) electrons. The Morgan fingerprint density at radius 1 is 1.38 bits per heavy atom. The first-order valence-electron chi connectivity index (χ1n) is 6.34. The predicted molar refractivity (Wildman–Crippen MR) is 66.3 cm³/mol. The minimum atomic E-state index is 0.541. The van der Waals surface area contributed by atoms with Crippen LogP contribution < -0.4 is 5.32 Å². The first kappa shape index (κ1) is 13.2. The van der Waals surface area contributed by atoms with Gasteiger partial charge in [0.1, 0.15) is 12.2 Å². The summed E-state index contributed by atoms with van der Waals surface area (Å²) in [7, 11) is 1.96. The molecule has 16 heavy (non-hydrogen) atoms. The number of nitrogens with zero attached hydrogens (tertiary/aromatic N) is 3. The molecule has 1 aromatic heterocycles. The second kappa shape index (κ2) is 7.39. The molecule has 0 amide bonds. The van der Waals surface area contributed by atoms with Crippen molar-refractivity contribution in [1.82, 2.24) is 20.1 Å². The second-order valence-electron chi connectivity index (χ2n) is 4.25. The molecule has 1 unspecified atom stereocenters. The Morgan fingerprint density at radius 2 is 2.19 bits per heavy atom. The molecule has 92 valence electrons. The quantitative estimate of drug-likeness (QED) is 0.686. The van der Waals surface area contributed by atoms with Crippen molar-refractivity contribution in [3.8, 4) is 0 Å². The van der Waals surface area contributed by atoms with Crippen LogP contribution in [-0.4, -0.2) is 27.4 Å². The Morgan fingerprint density at radius 3 is 2.75 bits per heavy atom. The van der Waals surface area contributed by atoms with Crippen molar-refractivity contribution < 1.29 is 0 Å². The molecule has 1 heterocycles. The molecule has 0 saturated carbocycles. The molecular formula is C12H24N4. The van der Waals surface area contributed by atoms with E-state index < -0.39 is 0 Å². The van der Waals surface area contributed by atoms with Crippen molar-refractivity contribution in [2.45, 2.75) is 52.0 Å². The summed E-state index contributed by atoms with van der Waals surface area (Å²) in [6.07, 6.45) is 7.74. The van der Waals surface area contributed by atoms with E-state index in [-0.39, 0.29) is 0 Å². The van der Waals surface area contributed by atoms with Gasteiger partial charge in [-0.1, -0.05) is 33.1 Å². The van der Waals surface area contributed by atoms with Gasteiger partial charge in [-0.05, 0) is 13.0 Å². The maximum absolute atomic E-state index is 4.28. The first-order valence-corrected chi connectivity index (χ1v) is 6.34. The molecule has 0 spiro atoms. The highest BCUT2D eigenvalue weighted by molar-refractivity contribution is 4.88. The number of unbranched alkanes of at least 4 members (excludes halogenated alkanes) is 2. The summed E-state index contributed by atoms with van der Waals surface area (Å²) < 4.78 is 1.87. The van der Waals surface area contributed by atoms with E-state index in [0.29, 0.717) is 6.04 Å². The standard InChI is InChI=1S/C12H24N4/c1-4-6-7-8-11(13-5-2)9-12-14-10-15-16(12)3/h10-11,13H,4-9H2,1-3H3. The lowest BCUT2D eigenvalue weighted by molar-refractivity contribution is 0.452. The molecule has 0 aliphatic heterocycles. The Kier molecular flexibility index (Phi) is 6.08.